The first kappa shape index (κ1) is 26.3. The number of nitrogens with zero attached hydrogens (tertiary/aromatic N) is 2. The zero-order chi connectivity index (χ0) is 24.9. The highest BCUT2D eigenvalue weighted by Gasteiger charge is 2.33. The van der Waals surface area contributed by atoms with E-state index in [2.05, 4.69) is 10.2 Å². The van der Waals surface area contributed by atoms with Gasteiger partial charge in [-0.15, -0.1) is 0 Å². The van der Waals surface area contributed by atoms with Crippen molar-refractivity contribution in [3.05, 3.63) is 64.2 Å². The van der Waals surface area contributed by atoms with Gasteiger partial charge in [-0.25, -0.2) is 8.42 Å². The number of hydrogen-bond acceptors (Lipinski definition) is 5. The first-order valence-electron chi connectivity index (χ1n) is 10.4. The maximum atomic E-state index is 13.1. The molecule has 1 heterocycles. The number of carbonyl (C=O) groups is 1. The number of hydrogen-bond donors (Lipinski definition) is 1. The third-order valence-corrected chi connectivity index (χ3v) is 6.67. The molecule has 0 atom stereocenters. The maximum Gasteiger partial charge on any atom is 0.416 e. The van der Waals surface area contributed by atoms with Crippen LogP contribution in [0.25, 0.3) is 0 Å². The van der Waals surface area contributed by atoms with E-state index in [0.717, 1.165) is 49.1 Å². The highest BCUT2D eigenvalue weighted by Crippen LogP contribution is 2.36. The van der Waals surface area contributed by atoms with Crippen molar-refractivity contribution in [3.8, 4) is 0 Å². The minimum absolute atomic E-state index is 0.129. The molecular formula is C22H25ClF3N3O4S. The van der Waals surface area contributed by atoms with Crippen LogP contribution in [0.1, 0.15) is 16.7 Å². The molecule has 12 heteroatoms. The van der Waals surface area contributed by atoms with Gasteiger partial charge in [-0.1, -0.05) is 35.9 Å². The molecule has 2 aromatic carbocycles. The normalized spacial score (nSPS) is 15.2. The predicted molar refractivity (Wildman–Crippen MR) is 123 cm³/mol. The van der Waals surface area contributed by atoms with Crippen molar-refractivity contribution in [1.29, 1.82) is 0 Å². The van der Waals surface area contributed by atoms with Crippen LogP contribution in [0.5, 0.6) is 0 Å². The summed E-state index contributed by atoms with van der Waals surface area (Å²) in [6.45, 7) is 3.18. The van der Waals surface area contributed by atoms with Crippen LogP contribution >= 0.6 is 11.6 Å². The van der Waals surface area contributed by atoms with Crippen molar-refractivity contribution in [1.82, 2.24) is 10.2 Å². The molecular weight excluding hydrogens is 495 g/mol. The van der Waals surface area contributed by atoms with Crippen LogP contribution in [0.3, 0.4) is 0 Å². The van der Waals surface area contributed by atoms with Crippen LogP contribution in [0.4, 0.5) is 18.9 Å². The quantitative estimate of drug-likeness (QED) is 0.579. The number of sulfonamides is 1. The topological polar surface area (TPSA) is 79.0 Å². The number of benzene rings is 2. The van der Waals surface area contributed by atoms with E-state index in [-0.39, 0.29) is 11.6 Å². The zero-order valence-corrected chi connectivity index (χ0v) is 20.0. The zero-order valence-electron chi connectivity index (χ0n) is 18.4. The van der Waals surface area contributed by atoms with E-state index < -0.39 is 39.9 Å². The van der Waals surface area contributed by atoms with E-state index in [1.54, 1.807) is 0 Å². The number of carbonyl (C=O) groups excluding carboxylic acids is 1. The van der Waals surface area contributed by atoms with Gasteiger partial charge in [-0.3, -0.25) is 14.0 Å². The van der Waals surface area contributed by atoms with Gasteiger partial charge in [0.05, 0.1) is 35.7 Å². The van der Waals surface area contributed by atoms with Gasteiger partial charge in [0, 0.05) is 26.2 Å². The van der Waals surface area contributed by atoms with Crippen molar-refractivity contribution < 1.29 is 31.1 Å². The molecule has 1 aliphatic rings. The molecule has 7 nitrogen and oxygen atoms in total. The second-order valence-corrected chi connectivity index (χ2v) is 10.2. The molecule has 0 spiro atoms. The minimum atomic E-state index is -4.70. The van der Waals surface area contributed by atoms with E-state index in [1.807, 2.05) is 24.3 Å². The third-order valence-electron chi connectivity index (χ3n) is 5.22. The molecule has 1 aliphatic heterocycles. The van der Waals surface area contributed by atoms with Gasteiger partial charge >= 0.3 is 6.18 Å². The number of anilines is 1. The molecule has 0 bridgehead atoms. The number of nitrogens with one attached hydrogen (secondary N) is 1. The molecule has 186 valence electrons. The van der Waals surface area contributed by atoms with Crippen LogP contribution in [0, 0.1) is 0 Å². The van der Waals surface area contributed by atoms with E-state index in [4.69, 9.17) is 16.3 Å². The average molecular weight is 520 g/mol. The monoisotopic (exact) mass is 519 g/mol. The fourth-order valence-corrected chi connectivity index (χ4v) is 4.63. The number of morpholine rings is 1. The van der Waals surface area contributed by atoms with Gasteiger partial charge in [0.2, 0.25) is 15.9 Å². The Labute approximate surface area is 201 Å². The Morgan fingerprint density at radius 2 is 1.82 bits per heavy atom. The second kappa shape index (κ2) is 10.9. The molecule has 3 rings (SSSR count). The molecule has 34 heavy (non-hydrogen) atoms. The van der Waals surface area contributed by atoms with Gasteiger partial charge in [-0.05, 0) is 29.3 Å². The fraction of sp³-hybridized carbons (Fsp3) is 0.409. The summed E-state index contributed by atoms with van der Waals surface area (Å²) >= 11 is 5.98. The lowest BCUT2D eigenvalue weighted by Crippen LogP contribution is -2.40. The SMILES string of the molecule is CS(=O)(=O)N(CC(=O)NCc1cccc(CN2CCOCC2)c1)c1cc(C(F)(F)F)ccc1Cl. The molecule has 0 aliphatic carbocycles. The van der Waals surface area contributed by atoms with Gasteiger partial charge in [0.15, 0.2) is 0 Å². The van der Waals surface area contributed by atoms with E-state index >= 15 is 0 Å². The highest BCUT2D eigenvalue weighted by molar-refractivity contribution is 7.92. The largest absolute Gasteiger partial charge is 0.416 e. The Balaban J connectivity index is 1.68. The van der Waals surface area contributed by atoms with Crippen molar-refractivity contribution >= 4 is 33.2 Å². The standard InChI is InChI=1S/C22H25ClF3N3O4S/c1-34(31,32)29(20-12-18(22(24,25)26)5-6-19(20)23)15-21(30)27-13-16-3-2-4-17(11-16)14-28-7-9-33-10-8-28/h2-6,11-12H,7-10,13-15H2,1H3,(H,27,30). The number of rotatable bonds is 8. The second-order valence-electron chi connectivity index (χ2n) is 7.92. The van der Waals surface area contributed by atoms with Gasteiger partial charge < -0.3 is 10.1 Å². The molecule has 0 unspecified atom stereocenters. The van der Waals surface area contributed by atoms with Crippen LogP contribution < -0.4 is 9.62 Å². The third kappa shape index (κ3) is 7.33. The summed E-state index contributed by atoms with van der Waals surface area (Å²) in [6, 6.07) is 9.91. The van der Waals surface area contributed by atoms with Crippen LogP contribution in [-0.4, -0.2) is 58.3 Å². The van der Waals surface area contributed by atoms with E-state index in [0.29, 0.717) is 23.6 Å². The summed E-state index contributed by atoms with van der Waals surface area (Å²) < 4.78 is 69.8. The molecule has 0 aromatic heterocycles. The van der Waals surface area contributed by atoms with Gasteiger partial charge in [-0.2, -0.15) is 13.2 Å². The van der Waals surface area contributed by atoms with E-state index in [9.17, 15) is 26.4 Å². The molecule has 1 fully saturated rings. The highest BCUT2D eigenvalue weighted by atomic mass is 35.5. The Morgan fingerprint density at radius 3 is 2.47 bits per heavy atom. The molecule has 0 saturated carbocycles. The number of halogens is 4. The lowest BCUT2D eigenvalue weighted by molar-refractivity contribution is -0.137. The van der Waals surface area contributed by atoms with Crippen LogP contribution in [0.15, 0.2) is 42.5 Å². The lowest BCUT2D eigenvalue weighted by atomic mass is 10.1. The molecule has 2 aromatic rings. The first-order valence-corrected chi connectivity index (χ1v) is 12.6. The van der Waals surface area contributed by atoms with Crippen molar-refractivity contribution in [2.75, 3.05) is 43.4 Å². The summed E-state index contributed by atoms with van der Waals surface area (Å²) in [7, 11) is -4.10. The lowest BCUT2D eigenvalue weighted by Gasteiger charge is -2.26. The van der Waals surface area contributed by atoms with Crippen LogP contribution in [-0.2, 0) is 38.8 Å². The molecule has 1 N–H and O–H groups in total. The summed E-state index contributed by atoms with van der Waals surface area (Å²) in [6.07, 6.45) is -3.90. The smallest absolute Gasteiger partial charge is 0.379 e. The Bertz CT molecular complexity index is 1120. The molecule has 0 radical (unpaired) electrons. The van der Waals surface area contributed by atoms with Gasteiger partial charge in [0.25, 0.3) is 0 Å². The number of ether oxygens (including phenoxy) is 1. The van der Waals surface area contributed by atoms with Crippen molar-refractivity contribution in [2.45, 2.75) is 19.3 Å². The summed E-state index contributed by atoms with van der Waals surface area (Å²) in [5.41, 5.74) is 0.379. The molecule has 1 saturated heterocycles. The summed E-state index contributed by atoms with van der Waals surface area (Å²) in [4.78, 5) is 14.8. The summed E-state index contributed by atoms with van der Waals surface area (Å²) in [5, 5.41) is 2.40. The fourth-order valence-electron chi connectivity index (χ4n) is 3.50. The van der Waals surface area contributed by atoms with E-state index in [1.165, 1.54) is 0 Å². The average Bonchev–Trinajstić information content (AvgIpc) is 2.76. The number of amides is 1. The minimum Gasteiger partial charge on any atom is -0.379 e. The Morgan fingerprint density at radius 1 is 1.15 bits per heavy atom. The predicted octanol–water partition coefficient (Wildman–Crippen LogP) is 3.27. The van der Waals surface area contributed by atoms with Gasteiger partial charge in [0.1, 0.15) is 6.54 Å². The maximum absolute atomic E-state index is 13.1. The number of alkyl halides is 3. The molecule has 1 amide bonds. The first-order chi connectivity index (χ1) is 15.9. The van der Waals surface area contributed by atoms with Crippen LogP contribution in [0.2, 0.25) is 5.02 Å². The Kier molecular flexibility index (Phi) is 8.45. The Hall–Kier alpha value is -2.34. The van der Waals surface area contributed by atoms with Crippen molar-refractivity contribution in [2.24, 2.45) is 0 Å². The summed E-state index contributed by atoms with van der Waals surface area (Å²) in [5.74, 6) is -0.683. The van der Waals surface area contributed by atoms with Crippen molar-refractivity contribution in [3.63, 3.8) is 0 Å².